The van der Waals surface area contributed by atoms with Gasteiger partial charge in [0.1, 0.15) is 23.2 Å². The fraction of sp³-hybridized carbons (Fsp3) is 0.625. The first-order chi connectivity index (χ1) is 16.9. The first kappa shape index (κ1) is 25.2. The maximum Gasteiger partial charge on any atom is 0.228 e. The van der Waals surface area contributed by atoms with Crippen molar-refractivity contribution in [2.24, 2.45) is 5.41 Å². The molecule has 1 saturated heterocycles. The molecule has 11 heteroatoms. The number of hydrogen-bond donors (Lipinski definition) is 2. The SMILES string of the molecule is CCOCCn1nc(CCOCC(C)(C)C)c2nc(N3CCNCC3)nc(Nc3ccncn3)c21. The summed E-state index contributed by atoms with van der Waals surface area (Å²) >= 11 is 0. The highest BCUT2D eigenvalue weighted by Crippen LogP contribution is 2.29. The lowest BCUT2D eigenvalue weighted by molar-refractivity contribution is 0.0729. The van der Waals surface area contributed by atoms with Crippen LogP contribution in [0.1, 0.15) is 33.4 Å². The van der Waals surface area contributed by atoms with Crippen molar-refractivity contribution in [1.82, 2.24) is 35.0 Å². The van der Waals surface area contributed by atoms with Gasteiger partial charge in [-0.3, -0.25) is 4.68 Å². The maximum absolute atomic E-state index is 5.96. The molecule has 0 aliphatic carbocycles. The molecule has 0 bridgehead atoms. The Morgan fingerprint density at radius 1 is 1.11 bits per heavy atom. The summed E-state index contributed by atoms with van der Waals surface area (Å²) in [7, 11) is 0. The minimum Gasteiger partial charge on any atom is -0.381 e. The van der Waals surface area contributed by atoms with E-state index in [-0.39, 0.29) is 5.41 Å². The van der Waals surface area contributed by atoms with Gasteiger partial charge >= 0.3 is 0 Å². The molecule has 1 aliphatic rings. The molecule has 0 atom stereocenters. The lowest BCUT2D eigenvalue weighted by Gasteiger charge is -2.27. The number of aromatic nitrogens is 6. The van der Waals surface area contributed by atoms with Crippen LogP contribution in [0, 0.1) is 5.41 Å². The highest BCUT2D eigenvalue weighted by atomic mass is 16.5. The summed E-state index contributed by atoms with van der Waals surface area (Å²) in [4.78, 5) is 20.5. The van der Waals surface area contributed by atoms with Crippen LogP contribution in [0.4, 0.5) is 17.6 Å². The zero-order valence-corrected chi connectivity index (χ0v) is 21.3. The predicted molar refractivity (Wildman–Crippen MR) is 136 cm³/mol. The van der Waals surface area contributed by atoms with Gasteiger partial charge in [-0.15, -0.1) is 0 Å². The van der Waals surface area contributed by atoms with Gasteiger partial charge in [0.05, 0.1) is 32.1 Å². The lowest BCUT2D eigenvalue weighted by Crippen LogP contribution is -2.44. The van der Waals surface area contributed by atoms with E-state index in [0.717, 1.165) is 42.9 Å². The molecule has 0 aromatic carbocycles. The van der Waals surface area contributed by atoms with Crippen molar-refractivity contribution in [3.8, 4) is 0 Å². The Balaban J connectivity index is 1.72. The Labute approximate surface area is 206 Å². The number of anilines is 3. The predicted octanol–water partition coefficient (Wildman–Crippen LogP) is 2.41. The number of fused-ring (bicyclic) bond motifs is 1. The Kier molecular flexibility index (Phi) is 8.42. The molecule has 0 saturated carbocycles. The van der Waals surface area contributed by atoms with E-state index in [1.165, 1.54) is 6.33 Å². The zero-order chi connectivity index (χ0) is 24.7. The van der Waals surface area contributed by atoms with Crippen molar-refractivity contribution in [2.45, 2.75) is 40.7 Å². The number of rotatable bonds is 11. The molecule has 11 nitrogen and oxygen atoms in total. The minimum absolute atomic E-state index is 0.116. The Morgan fingerprint density at radius 3 is 2.66 bits per heavy atom. The largest absolute Gasteiger partial charge is 0.381 e. The third-order valence-corrected chi connectivity index (χ3v) is 5.54. The zero-order valence-electron chi connectivity index (χ0n) is 21.3. The van der Waals surface area contributed by atoms with Crippen LogP contribution in [0.3, 0.4) is 0 Å². The van der Waals surface area contributed by atoms with Crippen molar-refractivity contribution < 1.29 is 9.47 Å². The highest BCUT2D eigenvalue weighted by molar-refractivity contribution is 5.90. The van der Waals surface area contributed by atoms with Crippen molar-refractivity contribution in [2.75, 3.05) is 62.8 Å². The van der Waals surface area contributed by atoms with Crippen molar-refractivity contribution in [1.29, 1.82) is 0 Å². The van der Waals surface area contributed by atoms with E-state index in [9.17, 15) is 0 Å². The molecular weight excluding hydrogens is 446 g/mol. The maximum atomic E-state index is 5.96. The number of nitrogens with one attached hydrogen (secondary N) is 2. The van der Waals surface area contributed by atoms with Gasteiger partial charge in [-0.25, -0.2) is 15.0 Å². The van der Waals surface area contributed by atoms with Crippen molar-refractivity contribution in [3.63, 3.8) is 0 Å². The summed E-state index contributed by atoms with van der Waals surface area (Å²) < 4.78 is 13.5. The van der Waals surface area contributed by atoms with Crippen LogP contribution >= 0.6 is 0 Å². The Morgan fingerprint density at radius 2 is 1.94 bits per heavy atom. The summed E-state index contributed by atoms with van der Waals surface area (Å²) in [5.74, 6) is 2.03. The molecular formula is C24H37N9O2. The third-order valence-electron chi connectivity index (χ3n) is 5.54. The number of hydrogen-bond acceptors (Lipinski definition) is 10. The fourth-order valence-electron chi connectivity index (χ4n) is 3.88. The molecule has 190 valence electrons. The van der Waals surface area contributed by atoms with E-state index >= 15 is 0 Å². The molecule has 0 radical (unpaired) electrons. The highest BCUT2D eigenvalue weighted by Gasteiger charge is 2.22. The van der Waals surface area contributed by atoms with Crippen LogP contribution in [-0.2, 0) is 22.4 Å². The van der Waals surface area contributed by atoms with Gasteiger partial charge in [-0.2, -0.15) is 10.1 Å². The van der Waals surface area contributed by atoms with Crippen LogP contribution in [0.15, 0.2) is 18.6 Å². The summed E-state index contributed by atoms with van der Waals surface area (Å²) in [6, 6.07) is 1.82. The fourth-order valence-corrected chi connectivity index (χ4v) is 3.88. The monoisotopic (exact) mass is 483 g/mol. The normalized spacial score (nSPS) is 14.6. The second-order valence-electron chi connectivity index (χ2n) is 9.76. The summed E-state index contributed by atoms with van der Waals surface area (Å²) in [6.45, 7) is 15.1. The molecule has 1 fully saturated rings. The molecule has 0 amide bonds. The molecule has 35 heavy (non-hydrogen) atoms. The molecule has 3 aromatic rings. The number of ether oxygens (including phenoxy) is 2. The average Bonchev–Trinajstić information content (AvgIpc) is 3.20. The van der Waals surface area contributed by atoms with Gasteiger partial charge in [-0.05, 0) is 18.4 Å². The van der Waals surface area contributed by atoms with Gasteiger partial charge in [-0.1, -0.05) is 20.8 Å². The quantitative estimate of drug-likeness (QED) is 0.394. The smallest absolute Gasteiger partial charge is 0.228 e. The second kappa shape index (κ2) is 11.7. The first-order valence-electron chi connectivity index (χ1n) is 12.4. The topological polar surface area (TPSA) is 115 Å². The first-order valence-corrected chi connectivity index (χ1v) is 12.4. The third kappa shape index (κ3) is 6.83. The molecule has 0 spiro atoms. The van der Waals surface area contributed by atoms with Gasteiger partial charge in [0, 0.05) is 45.4 Å². The molecule has 4 rings (SSSR count). The van der Waals surface area contributed by atoms with E-state index in [4.69, 9.17) is 24.5 Å². The van der Waals surface area contributed by atoms with E-state index < -0.39 is 0 Å². The molecule has 0 unspecified atom stereocenters. The van der Waals surface area contributed by atoms with Gasteiger partial charge in [0.25, 0.3) is 0 Å². The van der Waals surface area contributed by atoms with Gasteiger partial charge in [0.15, 0.2) is 5.82 Å². The van der Waals surface area contributed by atoms with Gasteiger partial charge < -0.3 is 25.0 Å². The van der Waals surface area contributed by atoms with E-state index in [2.05, 4.69) is 46.3 Å². The van der Waals surface area contributed by atoms with Crippen LogP contribution in [0.2, 0.25) is 0 Å². The summed E-state index contributed by atoms with van der Waals surface area (Å²) in [6.07, 6.45) is 3.89. The Hall–Kier alpha value is -2.89. The second-order valence-corrected chi connectivity index (χ2v) is 9.76. The van der Waals surface area contributed by atoms with E-state index in [0.29, 0.717) is 57.0 Å². The van der Waals surface area contributed by atoms with Crippen LogP contribution in [0.5, 0.6) is 0 Å². The average molecular weight is 484 g/mol. The molecule has 2 N–H and O–H groups in total. The van der Waals surface area contributed by atoms with Crippen LogP contribution < -0.4 is 15.5 Å². The van der Waals surface area contributed by atoms with E-state index in [1.807, 2.05) is 17.7 Å². The summed E-state index contributed by atoms with van der Waals surface area (Å²) in [5, 5.41) is 11.7. The molecule has 1 aliphatic heterocycles. The standard InChI is InChI=1S/C24H37N9O2/c1-5-34-15-13-33-21-20(18(31-33)7-14-35-16-24(2,3)4)29-23(32-11-9-25-10-12-32)30-22(21)28-19-6-8-26-17-27-19/h6,8,17,25H,5,7,9-16H2,1-4H3,(H,26,27,28,29,30). The molecule has 4 heterocycles. The van der Waals surface area contributed by atoms with Crippen LogP contribution in [0.25, 0.3) is 11.0 Å². The number of piperazine rings is 1. The molecule has 3 aromatic heterocycles. The van der Waals surface area contributed by atoms with Crippen molar-refractivity contribution in [3.05, 3.63) is 24.3 Å². The van der Waals surface area contributed by atoms with E-state index in [1.54, 1.807) is 6.20 Å². The lowest BCUT2D eigenvalue weighted by atomic mass is 9.99. The van der Waals surface area contributed by atoms with Crippen molar-refractivity contribution >= 4 is 28.6 Å². The summed E-state index contributed by atoms with van der Waals surface area (Å²) in [5.41, 5.74) is 2.69. The van der Waals surface area contributed by atoms with Crippen LogP contribution in [-0.4, -0.2) is 82.3 Å². The van der Waals surface area contributed by atoms with Gasteiger partial charge in [0.2, 0.25) is 5.95 Å². The minimum atomic E-state index is 0.116. The number of nitrogens with zero attached hydrogens (tertiary/aromatic N) is 7. The Bertz CT molecular complexity index is 1080.